The number of aromatic nitrogens is 1. The van der Waals surface area contributed by atoms with Gasteiger partial charge in [-0.25, -0.2) is 0 Å². The molecule has 0 spiro atoms. The Labute approximate surface area is 169 Å². The van der Waals surface area contributed by atoms with E-state index in [-0.39, 0.29) is 0 Å². The average molecular weight is 389 g/mol. The van der Waals surface area contributed by atoms with Crippen LogP contribution in [-0.4, -0.2) is 26.3 Å². The molecule has 0 saturated heterocycles. The van der Waals surface area contributed by atoms with Crippen LogP contribution in [0.3, 0.4) is 0 Å². The van der Waals surface area contributed by atoms with Gasteiger partial charge in [0, 0.05) is 23.4 Å². The predicted molar refractivity (Wildman–Crippen MR) is 114 cm³/mol. The summed E-state index contributed by atoms with van der Waals surface area (Å²) in [7, 11) is 4.78. The van der Waals surface area contributed by atoms with Crippen molar-refractivity contribution in [1.29, 1.82) is 0 Å². The van der Waals surface area contributed by atoms with E-state index in [0.717, 1.165) is 27.8 Å². The highest BCUT2D eigenvalue weighted by Gasteiger charge is 2.18. The highest BCUT2D eigenvalue weighted by Crippen LogP contribution is 2.43. The Hall–Kier alpha value is -3.47. The number of furan rings is 1. The summed E-state index contributed by atoms with van der Waals surface area (Å²) in [4.78, 5) is 4.50. The summed E-state index contributed by atoms with van der Waals surface area (Å²) in [6.45, 7) is 4.20. The van der Waals surface area contributed by atoms with Crippen molar-refractivity contribution in [2.75, 3.05) is 21.3 Å². The second kappa shape index (κ2) is 7.51. The van der Waals surface area contributed by atoms with E-state index in [9.17, 15) is 0 Å². The van der Waals surface area contributed by atoms with Gasteiger partial charge >= 0.3 is 0 Å². The molecule has 0 saturated carbocycles. The van der Waals surface area contributed by atoms with Gasteiger partial charge in [0.05, 0.1) is 21.3 Å². The summed E-state index contributed by atoms with van der Waals surface area (Å²) in [6.07, 6.45) is 1.81. The molecule has 5 heteroatoms. The summed E-state index contributed by atoms with van der Waals surface area (Å²) in [5.74, 6) is 2.38. The Bertz CT molecular complexity index is 1170. The van der Waals surface area contributed by atoms with Crippen LogP contribution < -0.4 is 14.2 Å². The molecule has 0 radical (unpaired) electrons. The van der Waals surface area contributed by atoms with E-state index >= 15 is 0 Å². The maximum absolute atomic E-state index is 6.28. The molecule has 5 nitrogen and oxygen atoms in total. The molecule has 0 amide bonds. The lowest BCUT2D eigenvalue weighted by molar-refractivity contribution is 0.324. The van der Waals surface area contributed by atoms with Crippen molar-refractivity contribution in [2.24, 2.45) is 0 Å². The maximum Gasteiger partial charge on any atom is 0.203 e. The summed E-state index contributed by atoms with van der Waals surface area (Å²) in [6, 6.07) is 14.1. The standard InChI is InChI=1S/C24H23NO4/c1-14-6-7-17(15(2)10-14)18-8-9-25-19-13-20(29-23(18)19)16-11-21(26-3)24(28-5)22(12-16)27-4/h6-13H,1-5H3. The lowest BCUT2D eigenvalue weighted by atomic mass is 9.99. The zero-order valence-corrected chi connectivity index (χ0v) is 17.2. The average Bonchev–Trinajstić information content (AvgIpc) is 3.17. The van der Waals surface area contributed by atoms with Crippen LogP contribution in [0.1, 0.15) is 11.1 Å². The zero-order chi connectivity index (χ0) is 20.5. The van der Waals surface area contributed by atoms with Crippen molar-refractivity contribution in [3.05, 3.63) is 59.8 Å². The van der Waals surface area contributed by atoms with Gasteiger partial charge in [0.1, 0.15) is 11.3 Å². The second-order valence-electron chi connectivity index (χ2n) is 6.92. The molecule has 0 bridgehead atoms. The van der Waals surface area contributed by atoms with Gasteiger partial charge in [-0.1, -0.05) is 23.8 Å². The number of methoxy groups -OCH3 is 3. The van der Waals surface area contributed by atoms with Gasteiger partial charge in [-0.05, 0) is 43.2 Å². The molecule has 4 rings (SSSR count). The number of nitrogens with zero attached hydrogens (tertiary/aromatic N) is 1. The Morgan fingerprint density at radius 2 is 1.52 bits per heavy atom. The monoisotopic (exact) mass is 389 g/mol. The van der Waals surface area contributed by atoms with Gasteiger partial charge in [0.2, 0.25) is 5.75 Å². The number of aryl methyl sites for hydroxylation is 2. The van der Waals surface area contributed by atoms with Crippen molar-refractivity contribution in [2.45, 2.75) is 13.8 Å². The number of benzene rings is 2. The number of hydrogen-bond acceptors (Lipinski definition) is 5. The highest BCUT2D eigenvalue weighted by molar-refractivity contribution is 5.93. The first-order valence-corrected chi connectivity index (χ1v) is 9.32. The fourth-order valence-electron chi connectivity index (χ4n) is 3.63. The number of ether oxygens (including phenoxy) is 3. The Kier molecular flexibility index (Phi) is 4.89. The predicted octanol–water partition coefficient (Wildman–Crippen LogP) is 5.80. The van der Waals surface area contributed by atoms with Crippen LogP contribution in [0, 0.1) is 13.8 Å². The third-order valence-electron chi connectivity index (χ3n) is 5.03. The molecule has 148 valence electrons. The molecule has 2 heterocycles. The molecule has 29 heavy (non-hydrogen) atoms. The normalized spacial score (nSPS) is 10.9. The molecule has 0 atom stereocenters. The second-order valence-corrected chi connectivity index (χ2v) is 6.92. The van der Waals surface area contributed by atoms with Crippen LogP contribution in [0.25, 0.3) is 33.6 Å². The van der Waals surface area contributed by atoms with Crippen LogP contribution in [0.5, 0.6) is 17.2 Å². The van der Waals surface area contributed by atoms with E-state index < -0.39 is 0 Å². The van der Waals surface area contributed by atoms with E-state index in [1.165, 1.54) is 11.1 Å². The first kappa shape index (κ1) is 18.9. The maximum atomic E-state index is 6.28. The van der Waals surface area contributed by atoms with Crippen LogP contribution in [-0.2, 0) is 0 Å². The number of fused-ring (bicyclic) bond motifs is 1. The van der Waals surface area contributed by atoms with Gasteiger partial charge in [-0.3, -0.25) is 4.98 Å². The number of pyridine rings is 1. The van der Waals surface area contributed by atoms with Crippen LogP contribution >= 0.6 is 0 Å². The molecule has 4 aromatic rings. The molecule has 0 aliphatic carbocycles. The summed E-state index contributed by atoms with van der Waals surface area (Å²) < 4.78 is 22.6. The fraction of sp³-hybridized carbons (Fsp3) is 0.208. The first-order chi connectivity index (χ1) is 14.0. The fourth-order valence-corrected chi connectivity index (χ4v) is 3.63. The molecule has 2 aromatic heterocycles. The lowest BCUT2D eigenvalue weighted by Gasteiger charge is -2.13. The minimum Gasteiger partial charge on any atom is -0.493 e. The summed E-state index contributed by atoms with van der Waals surface area (Å²) in [5.41, 5.74) is 6.95. The molecular weight excluding hydrogens is 366 g/mol. The zero-order valence-electron chi connectivity index (χ0n) is 17.2. The van der Waals surface area contributed by atoms with Crippen molar-refractivity contribution >= 4 is 11.1 Å². The first-order valence-electron chi connectivity index (χ1n) is 9.32. The van der Waals surface area contributed by atoms with E-state index in [4.69, 9.17) is 18.6 Å². The summed E-state index contributed by atoms with van der Waals surface area (Å²) >= 11 is 0. The SMILES string of the molecule is COc1cc(-c2cc3nccc(-c4ccc(C)cc4C)c3o2)cc(OC)c1OC. The van der Waals surface area contributed by atoms with Crippen molar-refractivity contribution in [3.8, 4) is 39.7 Å². The minimum absolute atomic E-state index is 0.545. The summed E-state index contributed by atoms with van der Waals surface area (Å²) in [5, 5.41) is 0. The smallest absolute Gasteiger partial charge is 0.203 e. The third-order valence-corrected chi connectivity index (χ3v) is 5.03. The topological polar surface area (TPSA) is 53.7 Å². The van der Waals surface area contributed by atoms with Crippen LogP contribution in [0.15, 0.2) is 53.1 Å². The van der Waals surface area contributed by atoms with E-state index in [1.807, 2.05) is 30.5 Å². The van der Waals surface area contributed by atoms with Gasteiger partial charge in [-0.2, -0.15) is 0 Å². The molecule has 0 fully saturated rings. The Morgan fingerprint density at radius 3 is 2.14 bits per heavy atom. The number of hydrogen-bond donors (Lipinski definition) is 0. The number of rotatable bonds is 5. The molecule has 0 unspecified atom stereocenters. The van der Waals surface area contributed by atoms with Gasteiger partial charge in [-0.15, -0.1) is 0 Å². The van der Waals surface area contributed by atoms with Gasteiger partial charge in [0.25, 0.3) is 0 Å². The Balaban J connectivity index is 1.89. The van der Waals surface area contributed by atoms with Crippen molar-refractivity contribution in [1.82, 2.24) is 4.98 Å². The lowest BCUT2D eigenvalue weighted by Crippen LogP contribution is -1.95. The Morgan fingerprint density at radius 1 is 0.793 bits per heavy atom. The van der Waals surface area contributed by atoms with Crippen molar-refractivity contribution < 1.29 is 18.6 Å². The van der Waals surface area contributed by atoms with Gasteiger partial charge in [0.15, 0.2) is 17.1 Å². The van der Waals surface area contributed by atoms with E-state index in [2.05, 4.69) is 37.0 Å². The minimum atomic E-state index is 0.545. The molecule has 0 N–H and O–H groups in total. The van der Waals surface area contributed by atoms with E-state index in [1.54, 1.807) is 21.3 Å². The third kappa shape index (κ3) is 3.29. The quantitative estimate of drug-likeness (QED) is 0.431. The van der Waals surface area contributed by atoms with Gasteiger partial charge < -0.3 is 18.6 Å². The molecule has 0 aliphatic heterocycles. The molecule has 2 aromatic carbocycles. The largest absolute Gasteiger partial charge is 0.493 e. The van der Waals surface area contributed by atoms with Crippen molar-refractivity contribution in [3.63, 3.8) is 0 Å². The van der Waals surface area contributed by atoms with Crippen LogP contribution in [0.4, 0.5) is 0 Å². The molecule has 0 aliphatic rings. The van der Waals surface area contributed by atoms with Crippen LogP contribution in [0.2, 0.25) is 0 Å². The molecular formula is C24H23NO4. The highest BCUT2D eigenvalue weighted by atomic mass is 16.5. The van der Waals surface area contributed by atoms with E-state index in [0.29, 0.717) is 23.0 Å².